The third-order valence-corrected chi connectivity index (χ3v) is 2.08. The molecule has 1 rings (SSSR count). The highest BCUT2D eigenvalue weighted by Crippen LogP contribution is 2.32. The van der Waals surface area contributed by atoms with E-state index >= 15 is 0 Å². The molecule has 0 N–H and O–H groups in total. The zero-order valence-corrected chi connectivity index (χ0v) is 8.04. The molecule has 0 bridgehead atoms. The number of carbonyl (C=O) groups excluding carboxylic acids is 2. The normalized spacial score (nSPS) is 20.2. The number of hydrogen-bond donors (Lipinski definition) is 0. The molecule has 0 spiro atoms. The summed E-state index contributed by atoms with van der Waals surface area (Å²) in [5.74, 6) is 0. The largest absolute Gasteiger partial charge is 0.303 e. The summed E-state index contributed by atoms with van der Waals surface area (Å²) in [6, 6.07) is 0. The Hall–Kier alpha value is -1.18. The van der Waals surface area contributed by atoms with Gasteiger partial charge >= 0.3 is 0 Å². The fraction of sp³-hybridized carbons (Fsp3) is 0.455. The molecule has 0 amide bonds. The first-order chi connectivity index (χ1) is 6.07. The first-order valence-corrected chi connectivity index (χ1v) is 4.38. The molecule has 0 heterocycles. The zero-order valence-electron chi connectivity index (χ0n) is 8.04. The van der Waals surface area contributed by atoms with Crippen molar-refractivity contribution in [3.8, 4) is 0 Å². The van der Waals surface area contributed by atoms with Crippen molar-refractivity contribution in [2.24, 2.45) is 5.41 Å². The molecule has 0 saturated carbocycles. The number of carbonyl (C=O) groups is 2. The van der Waals surface area contributed by atoms with Crippen molar-refractivity contribution in [1.29, 1.82) is 0 Å². The summed E-state index contributed by atoms with van der Waals surface area (Å²) in [6.07, 6.45) is 6.78. The van der Waals surface area contributed by atoms with Gasteiger partial charge in [0.25, 0.3) is 0 Å². The topological polar surface area (TPSA) is 34.1 Å². The summed E-state index contributed by atoms with van der Waals surface area (Å²) >= 11 is 0. The molecule has 0 radical (unpaired) electrons. The molecule has 1 aliphatic carbocycles. The summed E-state index contributed by atoms with van der Waals surface area (Å²) in [5.41, 5.74) is 1.74. The van der Waals surface area contributed by atoms with Crippen molar-refractivity contribution >= 4 is 12.6 Å². The van der Waals surface area contributed by atoms with Crippen molar-refractivity contribution in [1.82, 2.24) is 0 Å². The van der Waals surface area contributed by atoms with E-state index in [1.807, 2.05) is 6.08 Å². The van der Waals surface area contributed by atoms with Gasteiger partial charge < -0.3 is 4.79 Å². The molecule has 70 valence electrons. The van der Waals surface area contributed by atoms with E-state index in [1.165, 1.54) is 0 Å². The maximum absolute atomic E-state index is 10.6. The van der Waals surface area contributed by atoms with Crippen LogP contribution in [0.15, 0.2) is 23.3 Å². The van der Waals surface area contributed by atoms with Gasteiger partial charge in [0.1, 0.15) is 12.6 Å². The number of allylic oxidation sites excluding steroid dienone is 4. The Morgan fingerprint density at radius 2 is 2.15 bits per heavy atom. The van der Waals surface area contributed by atoms with Crippen LogP contribution in [-0.4, -0.2) is 12.6 Å². The number of aldehydes is 2. The van der Waals surface area contributed by atoms with Crippen LogP contribution in [0.3, 0.4) is 0 Å². The highest BCUT2D eigenvalue weighted by atomic mass is 16.1. The van der Waals surface area contributed by atoms with Crippen LogP contribution in [0.1, 0.15) is 26.7 Å². The molecule has 0 saturated heterocycles. The summed E-state index contributed by atoms with van der Waals surface area (Å²) in [5, 5.41) is 0. The molecule has 0 aromatic rings. The van der Waals surface area contributed by atoms with E-state index in [4.69, 9.17) is 0 Å². The Bertz CT molecular complexity index is 282. The first-order valence-electron chi connectivity index (χ1n) is 4.38. The molecule has 0 aromatic carbocycles. The predicted octanol–water partition coefficient (Wildman–Crippen LogP) is 2.06. The van der Waals surface area contributed by atoms with Gasteiger partial charge in [-0.3, -0.25) is 4.79 Å². The lowest BCUT2D eigenvalue weighted by atomic mass is 9.79. The number of hydrogen-bond acceptors (Lipinski definition) is 2. The second kappa shape index (κ2) is 3.69. The molecule has 1 aliphatic rings. The van der Waals surface area contributed by atoms with Crippen molar-refractivity contribution in [2.45, 2.75) is 26.7 Å². The molecular formula is C11H14O2. The average molecular weight is 178 g/mol. The Morgan fingerprint density at radius 3 is 2.69 bits per heavy atom. The minimum Gasteiger partial charge on any atom is -0.303 e. The summed E-state index contributed by atoms with van der Waals surface area (Å²) in [7, 11) is 0. The fourth-order valence-corrected chi connectivity index (χ4v) is 1.70. The lowest BCUT2D eigenvalue weighted by Gasteiger charge is -2.25. The van der Waals surface area contributed by atoms with E-state index in [9.17, 15) is 9.59 Å². The third-order valence-electron chi connectivity index (χ3n) is 2.08. The highest BCUT2D eigenvalue weighted by molar-refractivity contribution is 5.76. The minimum atomic E-state index is 0.00331. The first kappa shape index (κ1) is 9.90. The van der Waals surface area contributed by atoms with E-state index < -0.39 is 0 Å². The van der Waals surface area contributed by atoms with Crippen molar-refractivity contribution in [2.75, 3.05) is 0 Å². The molecule has 0 fully saturated rings. The van der Waals surface area contributed by atoms with Crippen molar-refractivity contribution in [3.63, 3.8) is 0 Å². The Morgan fingerprint density at radius 1 is 1.46 bits per heavy atom. The Labute approximate surface area is 78.3 Å². The molecule has 2 nitrogen and oxygen atoms in total. The minimum absolute atomic E-state index is 0.00331. The lowest BCUT2D eigenvalue weighted by molar-refractivity contribution is -0.107. The van der Waals surface area contributed by atoms with Gasteiger partial charge in [0.15, 0.2) is 0 Å². The maximum atomic E-state index is 10.6. The number of rotatable bonds is 3. The van der Waals surface area contributed by atoms with Gasteiger partial charge in [-0.1, -0.05) is 26.0 Å². The zero-order chi connectivity index (χ0) is 9.90. The van der Waals surface area contributed by atoms with E-state index in [0.717, 1.165) is 30.1 Å². The van der Waals surface area contributed by atoms with Crippen LogP contribution in [0.4, 0.5) is 0 Å². The van der Waals surface area contributed by atoms with Gasteiger partial charge in [-0.25, -0.2) is 0 Å². The van der Waals surface area contributed by atoms with Gasteiger partial charge in [0.2, 0.25) is 0 Å². The quantitative estimate of drug-likeness (QED) is 0.620. The van der Waals surface area contributed by atoms with Crippen LogP contribution in [0, 0.1) is 5.41 Å². The molecule has 13 heavy (non-hydrogen) atoms. The van der Waals surface area contributed by atoms with Gasteiger partial charge in [0, 0.05) is 6.42 Å². The third kappa shape index (κ3) is 2.65. The maximum Gasteiger partial charge on any atom is 0.146 e. The second-order valence-corrected chi connectivity index (χ2v) is 4.09. The van der Waals surface area contributed by atoms with Gasteiger partial charge in [-0.05, 0) is 23.0 Å². The fourth-order valence-electron chi connectivity index (χ4n) is 1.70. The second-order valence-electron chi connectivity index (χ2n) is 4.09. The van der Waals surface area contributed by atoms with Crippen LogP contribution >= 0.6 is 0 Å². The monoisotopic (exact) mass is 178 g/mol. The van der Waals surface area contributed by atoms with E-state index in [1.54, 1.807) is 0 Å². The van der Waals surface area contributed by atoms with Gasteiger partial charge in [-0.15, -0.1) is 0 Å². The standard InChI is InChI=1S/C11H14O2/c1-11(2)6-9(3-4-12)5-10(7-11)8-13/h4-6,8H,3,7H2,1-2H3. The van der Waals surface area contributed by atoms with E-state index in [2.05, 4.69) is 19.9 Å². The lowest BCUT2D eigenvalue weighted by Crippen LogP contribution is -2.14. The van der Waals surface area contributed by atoms with Crippen molar-refractivity contribution in [3.05, 3.63) is 23.3 Å². The van der Waals surface area contributed by atoms with Crippen LogP contribution < -0.4 is 0 Å². The molecule has 0 atom stereocenters. The smallest absolute Gasteiger partial charge is 0.146 e. The SMILES string of the molecule is CC1(C)C=C(CC=O)C=C(C=O)C1. The van der Waals surface area contributed by atoms with Crippen LogP contribution in [-0.2, 0) is 9.59 Å². The predicted molar refractivity (Wildman–Crippen MR) is 51.3 cm³/mol. The van der Waals surface area contributed by atoms with E-state index in [-0.39, 0.29) is 5.41 Å². The summed E-state index contributed by atoms with van der Waals surface area (Å²) in [6.45, 7) is 4.13. The molecular weight excluding hydrogens is 164 g/mol. The van der Waals surface area contributed by atoms with Crippen molar-refractivity contribution < 1.29 is 9.59 Å². The average Bonchev–Trinajstić information content (AvgIpc) is 2.02. The molecule has 2 heteroatoms. The van der Waals surface area contributed by atoms with Gasteiger partial charge in [-0.2, -0.15) is 0 Å². The highest BCUT2D eigenvalue weighted by Gasteiger charge is 2.21. The molecule has 0 unspecified atom stereocenters. The molecule has 0 aliphatic heterocycles. The Balaban J connectivity index is 2.92. The van der Waals surface area contributed by atoms with Crippen LogP contribution in [0.2, 0.25) is 0 Å². The van der Waals surface area contributed by atoms with Crippen LogP contribution in [0.25, 0.3) is 0 Å². The van der Waals surface area contributed by atoms with Crippen LogP contribution in [0.5, 0.6) is 0 Å². The Kier molecular flexibility index (Phi) is 2.81. The molecule has 0 aromatic heterocycles. The summed E-state index contributed by atoms with van der Waals surface area (Å²) in [4.78, 5) is 20.9. The summed E-state index contributed by atoms with van der Waals surface area (Å²) < 4.78 is 0. The van der Waals surface area contributed by atoms with Gasteiger partial charge in [0.05, 0.1) is 0 Å². The van der Waals surface area contributed by atoms with E-state index in [0.29, 0.717) is 6.42 Å².